The van der Waals surface area contributed by atoms with Crippen LogP contribution in [0.25, 0.3) is 0 Å². The molecule has 0 atom stereocenters. The number of aromatic nitrogens is 2. The molecular weight excluding hydrogens is 410 g/mol. The average molecular weight is 450 g/mol. The van der Waals surface area contributed by atoms with E-state index in [1.54, 1.807) is 7.11 Å². The van der Waals surface area contributed by atoms with Gasteiger partial charge in [0.1, 0.15) is 17.3 Å². The van der Waals surface area contributed by atoms with Gasteiger partial charge < -0.3 is 36.1 Å². The third-order valence-corrected chi connectivity index (χ3v) is 4.73. The van der Waals surface area contributed by atoms with Gasteiger partial charge in [-0.2, -0.15) is 4.98 Å². The number of aliphatic hydroxyl groups excluding tert-OH is 2. The Balaban J connectivity index is 0.00000249. The summed E-state index contributed by atoms with van der Waals surface area (Å²) in [6.45, 7) is 7.10. The molecular formula is C23H39N5O4. The summed E-state index contributed by atoms with van der Waals surface area (Å²) in [5.74, 6) is 2.59. The Bertz CT molecular complexity index is 789. The first-order valence-corrected chi connectivity index (χ1v) is 11.0. The summed E-state index contributed by atoms with van der Waals surface area (Å²) in [4.78, 5) is 8.76. The molecule has 9 heteroatoms. The molecule has 0 aliphatic carbocycles. The van der Waals surface area contributed by atoms with Crippen LogP contribution in [0.3, 0.4) is 0 Å². The van der Waals surface area contributed by atoms with Gasteiger partial charge in [-0.15, -0.1) is 0 Å². The molecule has 1 aromatic heterocycles. The van der Waals surface area contributed by atoms with E-state index in [1.807, 2.05) is 25.1 Å². The number of aryl methyl sites for hydroxylation is 1. The van der Waals surface area contributed by atoms with Crippen molar-refractivity contribution in [2.75, 3.05) is 58.1 Å². The van der Waals surface area contributed by atoms with Crippen LogP contribution in [0, 0.1) is 6.92 Å². The smallest absolute Gasteiger partial charge is 0.222 e. The first kappa shape index (κ1) is 27.4. The van der Waals surface area contributed by atoms with Gasteiger partial charge in [-0.3, -0.25) is 0 Å². The van der Waals surface area contributed by atoms with Gasteiger partial charge in [0.15, 0.2) is 0 Å². The Hall–Kier alpha value is -2.62. The highest BCUT2D eigenvalue weighted by Gasteiger charge is 2.14. The average Bonchev–Trinajstić information content (AvgIpc) is 2.80. The Labute approximate surface area is 191 Å². The zero-order valence-corrected chi connectivity index (χ0v) is 19.8. The number of benzene rings is 1. The van der Waals surface area contributed by atoms with Crippen LogP contribution < -0.4 is 25.8 Å². The Kier molecular flexibility index (Phi) is 13.8. The zero-order chi connectivity index (χ0) is 23.8. The van der Waals surface area contributed by atoms with Gasteiger partial charge in [-0.1, -0.05) is 19.4 Å². The quantitative estimate of drug-likeness (QED) is 0.275. The summed E-state index contributed by atoms with van der Waals surface area (Å²) >= 11 is 0. The van der Waals surface area contributed by atoms with Gasteiger partial charge in [0, 0.05) is 43.9 Å². The van der Waals surface area contributed by atoms with Crippen molar-refractivity contribution in [3.05, 3.63) is 35.0 Å². The van der Waals surface area contributed by atoms with Gasteiger partial charge in [-0.05, 0) is 37.9 Å². The highest BCUT2D eigenvalue weighted by atomic mass is 16.5. The third-order valence-electron chi connectivity index (χ3n) is 4.73. The highest BCUT2D eigenvalue weighted by Crippen LogP contribution is 2.29. The van der Waals surface area contributed by atoms with Crippen LogP contribution in [0.5, 0.6) is 11.5 Å². The third kappa shape index (κ3) is 9.25. The van der Waals surface area contributed by atoms with E-state index >= 15 is 0 Å². The van der Waals surface area contributed by atoms with Gasteiger partial charge >= 0.3 is 0 Å². The van der Waals surface area contributed by atoms with Crippen molar-refractivity contribution < 1.29 is 19.7 Å². The summed E-state index contributed by atoms with van der Waals surface area (Å²) in [7, 11) is 2.66. The maximum Gasteiger partial charge on any atom is 0.222 e. The number of nitrogen functional groups attached to an aromatic ring is 1. The molecule has 1 heterocycles. The number of rotatable bonds is 14. The fraction of sp³-hybridized carbons (Fsp3) is 0.565. The van der Waals surface area contributed by atoms with Gasteiger partial charge in [0.2, 0.25) is 5.95 Å². The molecule has 0 radical (unpaired) electrons. The molecule has 0 aliphatic rings. The van der Waals surface area contributed by atoms with Crippen LogP contribution in [0.1, 0.15) is 43.0 Å². The number of nitrogens with zero attached hydrogens (tertiary/aromatic N) is 2. The lowest BCUT2D eigenvalue weighted by atomic mass is 10.0. The lowest BCUT2D eigenvalue weighted by Crippen LogP contribution is -2.20. The van der Waals surface area contributed by atoms with Crippen molar-refractivity contribution in [1.29, 1.82) is 0 Å². The van der Waals surface area contributed by atoms with E-state index in [9.17, 15) is 0 Å². The predicted molar refractivity (Wildman–Crippen MR) is 129 cm³/mol. The van der Waals surface area contributed by atoms with Crippen LogP contribution in [-0.2, 0) is 6.42 Å². The lowest BCUT2D eigenvalue weighted by Gasteiger charge is -2.16. The Morgan fingerprint density at radius 3 is 2.56 bits per heavy atom. The standard InChI is InChI=1S/C22H35N5O3.CH4O/c1-4-5-10-25-21-19(16(2)26-22(23)27-21)14-17-7-8-18(15-20(17)29-3)30-13-6-9-24-11-12-28;1-2/h7-8,15,24,28H,4-6,9-14H2,1-3H3,(H3,23,25,26,27);2H,1H3. The van der Waals surface area contributed by atoms with E-state index in [4.69, 9.17) is 25.4 Å². The molecule has 0 spiro atoms. The SMILES string of the molecule is CCCCNc1nc(N)nc(C)c1Cc1ccc(OCCCNCCO)cc1OC.CO. The zero-order valence-electron chi connectivity index (χ0n) is 19.8. The predicted octanol–water partition coefficient (Wildman–Crippen LogP) is 2.14. The summed E-state index contributed by atoms with van der Waals surface area (Å²) in [6, 6.07) is 5.88. The maximum atomic E-state index is 8.77. The summed E-state index contributed by atoms with van der Waals surface area (Å²) in [5, 5.41) is 22.3. The number of unbranched alkanes of at least 4 members (excludes halogenated alkanes) is 1. The number of nitrogens with two attached hydrogens (primary N) is 1. The number of aliphatic hydroxyl groups is 2. The molecule has 1 aromatic carbocycles. The number of ether oxygens (including phenoxy) is 2. The minimum Gasteiger partial charge on any atom is -0.496 e. The van der Waals surface area contributed by atoms with Crippen molar-refractivity contribution in [3.8, 4) is 11.5 Å². The van der Waals surface area contributed by atoms with Crippen LogP contribution in [0.4, 0.5) is 11.8 Å². The normalized spacial score (nSPS) is 10.3. The molecule has 2 aromatic rings. The molecule has 0 unspecified atom stereocenters. The second-order valence-corrected chi connectivity index (χ2v) is 7.10. The Morgan fingerprint density at radius 1 is 1.09 bits per heavy atom. The molecule has 2 rings (SSSR count). The topological polar surface area (TPSA) is 135 Å². The van der Waals surface area contributed by atoms with E-state index in [0.29, 0.717) is 19.6 Å². The molecule has 0 fully saturated rings. The lowest BCUT2D eigenvalue weighted by molar-refractivity contribution is 0.281. The van der Waals surface area contributed by atoms with E-state index in [-0.39, 0.29) is 12.6 Å². The molecule has 32 heavy (non-hydrogen) atoms. The van der Waals surface area contributed by atoms with Crippen molar-refractivity contribution in [2.45, 2.75) is 39.5 Å². The molecule has 0 amide bonds. The largest absolute Gasteiger partial charge is 0.496 e. The van der Waals surface area contributed by atoms with E-state index in [0.717, 1.165) is 73.6 Å². The van der Waals surface area contributed by atoms with Crippen LogP contribution in [0.2, 0.25) is 0 Å². The number of methoxy groups -OCH3 is 1. The summed E-state index contributed by atoms with van der Waals surface area (Å²) in [5.41, 5.74) is 8.77. The number of hydrogen-bond donors (Lipinski definition) is 5. The molecule has 0 saturated carbocycles. The summed E-state index contributed by atoms with van der Waals surface area (Å²) in [6.07, 6.45) is 3.66. The van der Waals surface area contributed by atoms with Gasteiger partial charge in [-0.25, -0.2) is 4.98 Å². The maximum absolute atomic E-state index is 8.77. The first-order chi connectivity index (χ1) is 15.6. The van der Waals surface area contributed by atoms with Crippen molar-refractivity contribution in [1.82, 2.24) is 15.3 Å². The first-order valence-electron chi connectivity index (χ1n) is 11.0. The van der Waals surface area contributed by atoms with Crippen molar-refractivity contribution >= 4 is 11.8 Å². The number of anilines is 2. The summed E-state index contributed by atoms with van der Waals surface area (Å²) < 4.78 is 11.4. The number of hydrogen-bond acceptors (Lipinski definition) is 9. The van der Waals surface area contributed by atoms with Crippen molar-refractivity contribution in [2.24, 2.45) is 0 Å². The monoisotopic (exact) mass is 449 g/mol. The van der Waals surface area contributed by atoms with Crippen LogP contribution >= 0.6 is 0 Å². The second-order valence-electron chi connectivity index (χ2n) is 7.10. The minimum absolute atomic E-state index is 0.147. The van der Waals surface area contributed by atoms with E-state index < -0.39 is 0 Å². The second kappa shape index (κ2) is 16.1. The molecule has 180 valence electrons. The number of nitrogens with one attached hydrogen (secondary N) is 2. The van der Waals surface area contributed by atoms with Crippen molar-refractivity contribution in [3.63, 3.8) is 0 Å². The molecule has 9 nitrogen and oxygen atoms in total. The highest BCUT2D eigenvalue weighted by molar-refractivity contribution is 5.53. The molecule has 0 saturated heterocycles. The van der Waals surface area contributed by atoms with E-state index in [2.05, 4.69) is 27.5 Å². The fourth-order valence-corrected chi connectivity index (χ4v) is 3.10. The minimum atomic E-state index is 0.147. The molecule has 0 bridgehead atoms. The van der Waals surface area contributed by atoms with Gasteiger partial charge in [0.25, 0.3) is 0 Å². The van der Waals surface area contributed by atoms with Gasteiger partial charge in [0.05, 0.1) is 20.3 Å². The molecule has 0 aliphatic heterocycles. The Morgan fingerprint density at radius 2 is 1.88 bits per heavy atom. The van der Waals surface area contributed by atoms with Crippen LogP contribution in [-0.4, -0.2) is 67.2 Å². The molecule has 6 N–H and O–H groups in total. The van der Waals surface area contributed by atoms with E-state index in [1.165, 1.54) is 0 Å². The fourth-order valence-electron chi connectivity index (χ4n) is 3.10. The van der Waals surface area contributed by atoms with Crippen LogP contribution in [0.15, 0.2) is 18.2 Å².